The molecule has 4 fully saturated rings. The van der Waals surface area contributed by atoms with Gasteiger partial charge >= 0.3 is 0 Å². The molecule has 0 N–H and O–H groups in total. The minimum Gasteiger partial charge on any atom is -0.0656 e. The fraction of sp³-hybridized carbons (Fsp3) is 1.00. The summed E-state index contributed by atoms with van der Waals surface area (Å²) in [6.45, 7) is 52.5. The van der Waals surface area contributed by atoms with Crippen LogP contribution in [0.25, 0.3) is 0 Å². The highest BCUT2D eigenvalue weighted by Crippen LogP contribution is 2.54. The minimum atomic E-state index is 0.918. The van der Waals surface area contributed by atoms with E-state index in [-0.39, 0.29) is 0 Å². The third-order valence-electron chi connectivity index (χ3n) is 16.5. The molecule has 0 aromatic carbocycles. The lowest BCUT2D eigenvalue weighted by atomic mass is 9.76. The molecule has 0 aromatic rings. The van der Waals surface area contributed by atoms with Gasteiger partial charge in [0, 0.05) is 0 Å². The summed E-state index contributed by atoms with van der Waals surface area (Å²) in [4.78, 5) is 0. The van der Waals surface area contributed by atoms with Crippen LogP contribution in [-0.2, 0) is 0 Å². The van der Waals surface area contributed by atoms with Crippen LogP contribution < -0.4 is 0 Å². The van der Waals surface area contributed by atoms with E-state index >= 15 is 0 Å². The van der Waals surface area contributed by atoms with E-state index in [0.717, 1.165) is 118 Å². The molecular weight excluding hydrogens is 540 g/mol. The van der Waals surface area contributed by atoms with Crippen LogP contribution in [0.15, 0.2) is 0 Å². The average Bonchev–Trinajstić information content (AvgIpc) is 3.46. The molecule has 8 atom stereocenters. The summed E-state index contributed by atoms with van der Waals surface area (Å²) < 4.78 is 0. The van der Waals surface area contributed by atoms with Crippen LogP contribution in [0.1, 0.15) is 172 Å². The predicted octanol–water partition coefficient (Wildman–Crippen LogP) is 14.9. The quantitative estimate of drug-likeness (QED) is 0.284. The number of hydrogen-bond acceptors (Lipinski definition) is 0. The SMILES string of the molecule is CC1C(C)C(C)C(C)C1C.CC1C(C)C(C)C(C)C1C.CC1C(C)C(C)C(CC2C(C)C(C)C(C)C2C)C1C.CCC.CCC. The van der Waals surface area contributed by atoms with Crippen LogP contribution in [0.5, 0.6) is 0 Å². The molecule has 0 aromatic heterocycles. The van der Waals surface area contributed by atoms with E-state index in [1.807, 2.05) is 0 Å². The van der Waals surface area contributed by atoms with Crippen molar-refractivity contribution in [1.29, 1.82) is 0 Å². The van der Waals surface area contributed by atoms with Gasteiger partial charge < -0.3 is 0 Å². The lowest BCUT2D eigenvalue weighted by molar-refractivity contribution is 0.193. The van der Waals surface area contributed by atoms with Gasteiger partial charge in [0.2, 0.25) is 0 Å². The van der Waals surface area contributed by atoms with Crippen LogP contribution in [0, 0.1) is 118 Å². The molecule has 0 bridgehead atoms. The van der Waals surface area contributed by atoms with Crippen LogP contribution >= 0.6 is 0 Å². The van der Waals surface area contributed by atoms with Gasteiger partial charge in [0.05, 0.1) is 0 Å². The van der Waals surface area contributed by atoms with Gasteiger partial charge in [0.25, 0.3) is 0 Å². The Balaban J connectivity index is 0.000000632. The van der Waals surface area contributed by atoms with E-state index in [4.69, 9.17) is 0 Å². The molecule has 4 saturated carbocycles. The van der Waals surface area contributed by atoms with Crippen molar-refractivity contribution < 1.29 is 0 Å². The fourth-order valence-electron chi connectivity index (χ4n) is 10.4. The molecule has 0 heterocycles. The first-order valence-electron chi connectivity index (χ1n) is 20.7. The number of hydrogen-bond donors (Lipinski definition) is 0. The Labute approximate surface area is 289 Å². The Bertz CT molecular complexity index is 573. The third kappa shape index (κ3) is 11.0. The first-order valence-corrected chi connectivity index (χ1v) is 20.7. The van der Waals surface area contributed by atoms with Gasteiger partial charge in [-0.15, -0.1) is 0 Å². The molecule has 45 heavy (non-hydrogen) atoms. The molecule has 0 nitrogen and oxygen atoms in total. The summed E-state index contributed by atoms with van der Waals surface area (Å²) >= 11 is 0. The van der Waals surface area contributed by atoms with Gasteiger partial charge in [-0.25, -0.2) is 0 Å². The van der Waals surface area contributed by atoms with Gasteiger partial charge in [-0.3, -0.25) is 0 Å². The van der Waals surface area contributed by atoms with E-state index in [1.54, 1.807) is 0 Å². The molecule has 0 heteroatoms. The van der Waals surface area contributed by atoms with Crippen LogP contribution in [0.3, 0.4) is 0 Å². The highest BCUT2D eigenvalue weighted by Gasteiger charge is 2.47. The molecule has 0 radical (unpaired) electrons. The van der Waals surface area contributed by atoms with E-state index in [9.17, 15) is 0 Å². The molecular formula is C45H92. The van der Waals surface area contributed by atoms with Crippen molar-refractivity contribution in [2.45, 2.75) is 172 Å². The monoisotopic (exact) mass is 633 g/mol. The molecule has 0 spiro atoms. The largest absolute Gasteiger partial charge is 0.0656 e. The van der Waals surface area contributed by atoms with Crippen molar-refractivity contribution in [1.82, 2.24) is 0 Å². The van der Waals surface area contributed by atoms with Gasteiger partial charge in [0.1, 0.15) is 0 Å². The second kappa shape index (κ2) is 20.5. The van der Waals surface area contributed by atoms with E-state index in [1.165, 1.54) is 19.3 Å². The Kier molecular flexibility index (Phi) is 20.5. The Morgan fingerprint density at radius 2 is 0.289 bits per heavy atom. The zero-order chi connectivity index (χ0) is 35.7. The van der Waals surface area contributed by atoms with Crippen LogP contribution in [0.2, 0.25) is 0 Å². The normalized spacial score (nSPS) is 50.3. The summed E-state index contributed by atoms with van der Waals surface area (Å²) in [6, 6.07) is 0. The second-order valence-corrected chi connectivity index (χ2v) is 18.4. The van der Waals surface area contributed by atoms with Gasteiger partial charge in [-0.1, -0.05) is 165 Å². The highest BCUT2D eigenvalue weighted by atomic mass is 14.5. The maximum atomic E-state index is 2.52. The Morgan fingerprint density at radius 1 is 0.200 bits per heavy atom. The predicted molar refractivity (Wildman–Crippen MR) is 208 cm³/mol. The first kappa shape index (κ1) is 45.0. The molecule has 8 unspecified atom stereocenters. The highest BCUT2D eigenvalue weighted by molar-refractivity contribution is 4.96. The Morgan fingerprint density at radius 3 is 0.400 bits per heavy atom. The van der Waals surface area contributed by atoms with E-state index in [2.05, 4.69) is 152 Å². The Hall–Kier alpha value is 0. The lowest BCUT2D eigenvalue weighted by Gasteiger charge is -2.30. The second-order valence-electron chi connectivity index (χ2n) is 18.4. The molecule has 0 amide bonds. The average molecular weight is 633 g/mol. The zero-order valence-electron chi connectivity index (χ0n) is 35.7. The minimum absolute atomic E-state index is 0.918. The molecule has 4 aliphatic rings. The van der Waals surface area contributed by atoms with Gasteiger partial charge in [0.15, 0.2) is 0 Å². The summed E-state index contributed by atoms with van der Waals surface area (Å²) in [5.74, 6) is 18.7. The van der Waals surface area contributed by atoms with E-state index < -0.39 is 0 Å². The maximum Gasteiger partial charge on any atom is -0.0355 e. The summed E-state index contributed by atoms with van der Waals surface area (Å²) in [7, 11) is 0. The smallest absolute Gasteiger partial charge is 0.0355 e. The molecule has 272 valence electrons. The van der Waals surface area contributed by atoms with Gasteiger partial charge in [-0.2, -0.15) is 0 Å². The van der Waals surface area contributed by atoms with Crippen molar-refractivity contribution in [3.05, 3.63) is 0 Å². The maximum absolute atomic E-state index is 2.52. The summed E-state index contributed by atoms with van der Waals surface area (Å²) in [5, 5.41) is 0. The molecule has 0 aliphatic heterocycles. The van der Waals surface area contributed by atoms with Crippen molar-refractivity contribution in [2.75, 3.05) is 0 Å². The van der Waals surface area contributed by atoms with Crippen molar-refractivity contribution in [3.63, 3.8) is 0 Å². The lowest BCUT2D eigenvalue weighted by Crippen LogP contribution is -2.22. The van der Waals surface area contributed by atoms with Crippen LogP contribution in [-0.4, -0.2) is 0 Å². The molecule has 4 rings (SSSR count). The zero-order valence-corrected chi connectivity index (χ0v) is 35.7. The van der Waals surface area contributed by atoms with Crippen LogP contribution in [0.4, 0.5) is 0 Å². The third-order valence-corrected chi connectivity index (χ3v) is 16.5. The van der Waals surface area contributed by atoms with Crippen molar-refractivity contribution >= 4 is 0 Å². The van der Waals surface area contributed by atoms with E-state index in [0.29, 0.717) is 0 Å². The van der Waals surface area contributed by atoms with Gasteiger partial charge in [-0.05, 0) is 125 Å². The molecule has 0 saturated heterocycles. The number of rotatable bonds is 2. The van der Waals surface area contributed by atoms with Crippen molar-refractivity contribution in [3.8, 4) is 0 Å². The summed E-state index contributed by atoms with van der Waals surface area (Å²) in [5.41, 5.74) is 0. The fourth-order valence-corrected chi connectivity index (χ4v) is 10.4. The summed E-state index contributed by atoms with van der Waals surface area (Å²) in [6.07, 6.45) is 3.99. The first-order chi connectivity index (χ1) is 20.7. The molecule has 4 aliphatic carbocycles. The topological polar surface area (TPSA) is 0 Å². The standard InChI is InChI=1S/C19H36.2C10H20.2C3H8/c1-10-11(2)15(6)18(14(10)5)9-19-16(7)12(3)13(4)17(19)8;2*1-6-7(2)9(4)10(5)8(6)3;2*1-3-2/h10-19H,9H2,1-8H3;2*6-10H,1-5H3;2*3H2,1-2H3. The van der Waals surface area contributed by atoms with Crippen molar-refractivity contribution in [2.24, 2.45) is 118 Å².